The predicted octanol–water partition coefficient (Wildman–Crippen LogP) is 1.78. The highest BCUT2D eigenvalue weighted by Gasteiger charge is 2.20. The maximum absolute atomic E-state index is 13.5. The first-order valence-corrected chi connectivity index (χ1v) is 6.53. The van der Waals surface area contributed by atoms with Gasteiger partial charge in [0.2, 0.25) is 0 Å². The molecule has 1 saturated heterocycles. The number of rotatable bonds is 4. The SMILES string of the molecule is CCN1CCN(CC(=O)c2ccc(F)cc2F)CC1. The summed E-state index contributed by atoms with van der Waals surface area (Å²) in [5.74, 6) is -1.73. The highest BCUT2D eigenvalue weighted by Crippen LogP contribution is 2.11. The molecule has 0 spiro atoms. The van der Waals surface area contributed by atoms with Crippen molar-refractivity contribution in [2.75, 3.05) is 39.3 Å². The van der Waals surface area contributed by atoms with Crippen LogP contribution in [0.3, 0.4) is 0 Å². The smallest absolute Gasteiger partial charge is 0.179 e. The van der Waals surface area contributed by atoms with E-state index < -0.39 is 11.6 Å². The molecule has 1 aliphatic rings. The van der Waals surface area contributed by atoms with Gasteiger partial charge < -0.3 is 4.90 Å². The number of likely N-dealkylation sites (N-methyl/N-ethyl adjacent to an activating group) is 1. The summed E-state index contributed by atoms with van der Waals surface area (Å²) >= 11 is 0. The van der Waals surface area contributed by atoms with Crippen molar-refractivity contribution in [3.05, 3.63) is 35.4 Å². The Morgan fingerprint density at radius 3 is 2.37 bits per heavy atom. The van der Waals surface area contributed by atoms with Gasteiger partial charge in [0.1, 0.15) is 11.6 Å². The number of piperazine rings is 1. The van der Waals surface area contributed by atoms with E-state index in [4.69, 9.17) is 0 Å². The zero-order valence-corrected chi connectivity index (χ0v) is 11.0. The molecule has 1 aromatic rings. The van der Waals surface area contributed by atoms with Gasteiger partial charge >= 0.3 is 0 Å². The van der Waals surface area contributed by atoms with Crippen LogP contribution in [0.1, 0.15) is 17.3 Å². The lowest BCUT2D eigenvalue weighted by atomic mass is 10.1. The van der Waals surface area contributed by atoms with Gasteiger partial charge in [0.25, 0.3) is 0 Å². The number of halogens is 2. The Hall–Kier alpha value is -1.33. The monoisotopic (exact) mass is 268 g/mol. The molecule has 0 aliphatic carbocycles. The molecule has 0 N–H and O–H groups in total. The van der Waals surface area contributed by atoms with Crippen molar-refractivity contribution in [3.8, 4) is 0 Å². The van der Waals surface area contributed by atoms with Gasteiger partial charge in [-0.05, 0) is 18.7 Å². The third-order valence-corrected chi connectivity index (χ3v) is 3.51. The Kier molecular flexibility index (Phi) is 4.61. The maximum Gasteiger partial charge on any atom is 0.179 e. The van der Waals surface area contributed by atoms with Gasteiger partial charge in [-0.15, -0.1) is 0 Å². The van der Waals surface area contributed by atoms with Crippen LogP contribution >= 0.6 is 0 Å². The number of carbonyl (C=O) groups excluding carboxylic acids is 1. The van der Waals surface area contributed by atoms with Crippen LogP contribution in [0, 0.1) is 11.6 Å². The van der Waals surface area contributed by atoms with Crippen molar-refractivity contribution in [2.45, 2.75) is 6.92 Å². The fourth-order valence-corrected chi connectivity index (χ4v) is 2.27. The average molecular weight is 268 g/mol. The molecule has 1 fully saturated rings. The lowest BCUT2D eigenvalue weighted by Gasteiger charge is -2.33. The zero-order valence-electron chi connectivity index (χ0n) is 11.0. The number of nitrogens with zero attached hydrogens (tertiary/aromatic N) is 2. The van der Waals surface area contributed by atoms with E-state index in [0.717, 1.165) is 44.9 Å². The summed E-state index contributed by atoms with van der Waals surface area (Å²) in [5, 5.41) is 0. The van der Waals surface area contributed by atoms with Crippen molar-refractivity contribution in [3.63, 3.8) is 0 Å². The molecule has 19 heavy (non-hydrogen) atoms. The highest BCUT2D eigenvalue weighted by atomic mass is 19.1. The number of Topliss-reactive ketones (excluding diaryl/α,β-unsaturated/α-hetero) is 1. The fraction of sp³-hybridized carbons (Fsp3) is 0.500. The molecule has 1 aromatic carbocycles. The lowest BCUT2D eigenvalue weighted by Crippen LogP contribution is -2.47. The Morgan fingerprint density at radius 1 is 1.16 bits per heavy atom. The molecule has 1 aliphatic heterocycles. The summed E-state index contributed by atoms with van der Waals surface area (Å²) in [6, 6.07) is 3.09. The number of hydrogen-bond acceptors (Lipinski definition) is 3. The first kappa shape index (κ1) is 14.1. The molecule has 2 rings (SSSR count). The first-order valence-electron chi connectivity index (χ1n) is 6.53. The minimum atomic E-state index is -0.780. The van der Waals surface area contributed by atoms with Crippen molar-refractivity contribution < 1.29 is 13.6 Å². The van der Waals surface area contributed by atoms with Crippen molar-refractivity contribution in [1.82, 2.24) is 9.80 Å². The van der Waals surface area contributed by atoms with Gasteiger partial charge in [-0.1, -0.05) is 6.92 Å². The van der Waals surface area contributed by atoms with Crippen LogP contribution in [0.25, 0.3) is 0 Å². The molecule has 0 radical (unpaired) electrons. The molecular formula is C14H18F2N2O. The molecule has 0 unspecified atom stereocenters. The standard InChI is InChI=1S/C14H18F2N2O/c1-2-17-5-7-18(8-6-17)10-14(19)12-4-3-11(15)9-13(12)16/h3-4,9H,2,5-8,10H2,1H3. The number of benzene rings is 1. The third kappa shape index (κ3) is 3.58. The summed E-state index contributed by atoms with van der Waals surface area (Å²) in [5.41, 5.74) is -0.0284. The van der Waals surface area contributed by atoms with Gasteiger partial charge in [-0.25, -0.2) is 8.78 Å². The Morgan fingerprint density at radius 2 is 1.79 bits per heavy atom. The van der Waals surface area contributed by atoms with Crippen LogP contribution in [-0.4, -0.2) is 54.9 Å². The normalized spacial score (nSPS) is 17.6. The maximum atomic E-state index is 13.5. The van der Waals surface area contributed by atoms with Crippen LogP contribution < -0.4 is 0 Å². The Labute approximate surface area is 111 Å². The summed E-state index contributed by atoms with van der Waals surface area (Å²) in [4.78, 5) is 16.3. The second-order valence-corrected chi connectivity index (χ2v) is 4.76. The largest absolute Gasteiger partial charge is 0.301 e. The van der Waals surface area contributed by atoms with Gasteiger partial charge in [0.15, 0.2) is 5.78 Å². The Balaban J connectivity index is 1.94. The van der Waals surface area contributed by atoms with Gasteiger partial charge in [0.05, 0.1) is 12.1 Å². The second-order valence-electron chi connectivity index (χ2n) is 4.76. The van der Waals surface area contributed by atoms with Crippen molar-refractivity contribution >= 4 is 5.78 Å². The fourth-order valence-electron chi connectivity index (χ4n) is 2.27. The van der Waals surface area contributed by atoms with Gasteiger partial charge in [-0.2, -0.15) is 0 Å². The average Bonchev–Trinajstić information content (AvgIpc) is 2.39. The van der Waals surface area contributed by atoms with E-state index in [-0.39, 0.29) is 17.9 Å². The number of carbonyl (C=O) groups is 1. The Bertz CT molecular complexity index is 457. The van der Waals surface area contributed by atoms with Gasteiger partial charge in [0, 0.05) is 32.2 Å². The summed E-state index contributed by atoms with van der Waals surface area (Å²) in [6.07, 6.45) is 0. The number of ketones is 1. The number of hydrogen-bond donors (Lipinski definition) is 0. The zero-order chi connectivity index (χ0) is 13.8. The first-order chi connectivity index (χ1) is 9.10. The second kappa shape index (κ2) is 6.21. The predicted molar refractivity (Wildman–Crippen MR) is 69.2 cm³/mol. The molecule has 1 heterocycles. The molecule has 0 atom stereocenters. The summed E-state index contributed by atoms with van der Waals surface area (Å²) < 4.78 is 26.3. The van der Waals surface area contributed by atoms with Gasteiger partial charge in [-0.3, -0.25) is 9.69 Å². The van der Waals surface area contributed by atoms with E-state index in [1.165, 1.54) is 6.07 Å². The lowest BCUT2D eigenvalue weighted by molar-refractivity contribution is 0.0855. The van der Waals surface area contributed by atoms with E-state index in [9.17, 15) is 13.6 Å². The van der Waals surface area contributed by atoms with Crippen molar-refractivity contribution in [1.29, 1.82) is 0 Å². The summed E-state index contributed by atoms with van der Waals surface area (Å²) in [7, 11) is 0. The van der Waals surface area contributed by atoms with Crippen LogP contribution in [0.5, 0.6) is 0 Å². The molecule has 0 bridgehead atoms. The topological polar surface area (TPSA) is 23.6 Å². The van der Waals surface area contributed by atoms with E-state index in [2.05, 4.69) is 11.8 Å². The third-order valence-electron chi connectivity index (χ3n) is 3.51. The van der Waals surface area contributed by atoms with E-state index in [0.29, 0.717) is 0 Å². The highest BCUT2D eigenvalue weighted by molar-refractivity contribution is 5.97. The minimum Gasteiger partial charge on any atom is -0.301 e. The molecule has 3 nitrogen and oxygen atoms in total. The molecule has 104 valence electrons. The van der Waals surface area contributed by atoms with Crippen LogP contribution in [0.15, 0.2) is 18.2 Å². The quantitative estimate of drug-likeness (QED) is 0.778. The van der Waals surface area contributed by atoms with Crippen LogP contribution in [0.4, 0.5) is 8.78 Å². The van der Waals surface area contributed by atoms with E-state index in [1.807, 2.05) is 4.90 Å². The van der Waals surface area contributed by atoms with Crippen LogP contribution in [-0.2, 0) is 0 Å². The summed E-state index contributed by atoms with van der Waals surface area (Å²) in [6.45, 7) is 6.78. The van der Waals surface area contributed by atoms with Crippen molar-refractivity contribution in [2.24, 2.45) is 0 Å². The molecule has 0 amide bonds. The van der Waals surface area contributed by atoms with E-state index >= 15 is 0 Å². The van der Waals surface area contributed by atoms with E-state index in [1.54, 1.807) is 0 Å². The molecule has 0 aromatic heterocycles. The van der Waals surface area contributed by atoms with Crippen LogP contribution in [0.2, 0.25) is 0 Å². The minimum absolute atomic E-state index is 0.0284. The molecule has 0 saturated carbocycles. The molecular weight excluding hydrogens is 250 g/mol. The molecule has 5 heteroatoms.